The Morgan fingerprint density at radius 3 is 2.73 bits per heavy atom. The molecule has 1 aliphatic heterocycles. The Balaban J connectivity index is 2.30. The van der Waals surface area contributed by atoms with Crippen LogP contribution in [0.25, 0.3) is 0 Å². The van der Waals surface area contributed by atoms with Crippen molar-refractivity contribution in [2.75, 3.05) is 0 Å². The molecule has 0 aromatic rings. The Labute approximate surface area is 157 Å². The van der Waals surface area contributed by atoms with E-state index in [0.717, 1.165) is 32.1 Å². The van der Waals surface area contributed by atoms with Crippen molar-refractivity contribution in [1.29, 1.82) is 0 Å². The highest BCUT2D eigenvalue weighted by molar-refractivity contribution is 5.91. The van der Waals surface area contributed by atoms with E-state index in [1.807, 2.05) is 6.08 Å². The molecule has 2 aliphatic rings. The molecular weight excluding hydrogens is 328 g/mol. The maximum atomic E-state index is 12.4. The van der Waals surface area contributed by atoms with Gasteiger partial charge in [-0.1, -0.05) is 36.3 Å². The van der Waals surface area contributed by atoms with Gasteiger partial charge in [-0.05, 0) is 64.7 Å². The summed E-state index contributed by atoms with van der Waals surface area (Å²) in [7, 11) is 0. The maximum absolute atomic E-state index is 12.4. The molecule has 0 aromatic carbocycles. The second-order valence-corrected chi connectivity index (χ2v) is 7.89. The first-order valence-electron chi connectivity index (χ1n) is 9.66. The summed E-state index contributed by atoms with van der Waals surface area (Å²) >= 11 is 0. The van der Waals surface area contributed by atoms with Crippen molar-refractivity contribution in [3.05, 3.63) is 34.9 Å². The van der Waals surface area contributed by atoms with Crippen LogP contribution in [0.4, 0.5) is 0 Å². The molecule has 1 fully saturated rings. The second-order valence-electron chi connectivity index (χ2n) is 7.89. The van der Waals surface area contributed by atoms with E-state index in [0.29, 0.717) is 11.5 Å². The third kappa shape index (κ3) is 5.33. The van der Waals surface area contributed by atoms with Gasteiger partial charge in [-0.2, -0.15) is 0 Å². The summed E-state index contributed by atoms with van der Waals surface area (Å²) in [5.41, 5.74) is 3.35. The number of carbonyl (C=O) groups is 2. The molecule has 4 nitrogen and oxygen atoms in total. The third-order valence-corrected chi connectivity index (χ3v) is 5.44. The monoisotopic (exact) mass is 360 g/mol. The van der Waals surface area contributed by atoms with E-state index in [-0.39, 0.29) is 17.8 Å². The van der Waals surface area contributed by atoms with Crippen LogP contribution in [-0.4, -0.2) is 18.2 Å². The zero-order valence-corrected chi connectivity index (χ0v) is 16.7. The van der Waals surface area contributed by atoms with Crippen LogP contribution in [0, 0.1) is 17.8 Å². The van der Waals surface area contributed by atoms with Crippen LogP contribution in [0.2, 0.25) is 0 Å². The van der Waals surface area contributed by atoms with Gasteiger partial charge in [-0.3, -0.25) is 4.79 Å². The van der Waals surface area contributed by atoms with Crippen LogP contribution in [0.1, 0.15) is 66.7 Å². The topological polar surface area (TPSA) is 52.6 Å². The van der Waals surface area contributed by atoms with E-state index >= 15 is 0 Å². The highest BCUT2D eigenvalue weighted by Crippen LogP contribution is 2.43. The summed E-state index contributed by atoms with van der Waals surface area (Å²) in [6, 6.07) is 0. The maximum Gasteiger partial charge on any atom is 0.337 e. The molecule has 4 atom stereocenters. The molecule has 4 heteroatoms. The minimum atomic E-state index is -0.791. The lowest BCUT2D eigenvalue weighted by atomic mass is 9.74. The normalized spacial score (nSPS) is 31.0. The fourth-order valence-electron chi connectivity index (χ4n) is 3.99. The quantitative estimate of drug-likeness (QED) is 0.505. The molecule has 0 saturated carbocycles. The summed E-state index contributed by atoms with van der Waals surface area (Å²) < 4.78 is 10.8. The van der Waals surface area contributed by atoms with Gasteiger partial charge in [0, 0.05) is 12.5 Å². The van der Waals surface area contributed by atoms with E-state index in [4.69, 9.17) is 9.47 Å². The molecule has 0 radical (unpaired) electrons. The Bertz CT molecular complexity index is 622. The van der Waals surface area contributed by atoms with Gasteiger partial charge in [-0.25, -0.2) is 4.79 Å². The predicted molar refractivity (Wildman–Crippen MR) is 102 cm³/mol. The van der Waals surface area contributed by atoms with Crippen molar-refractivity contribution in [3.8, 4) is 0 Å². The SMILES string of the molecule is CC(=O)O[C@H]1OC(=O)/C2=C/C/C=C(\C)CC[C@@H]([C@H](C)CCC=C(C)C)[C@@H]21. The average Bonchev–Trinajstić information content (AvgIpc) is 2.86. The molecule has 0 bridgehead atoms. The number of hydrogen-bond donors (Lipinski definition) is 0. The molecule has 1 heterocycles. The van der Waals surface area contributed by atoms with Gasteiger partial charge in [0.1, 0.15) is 0 Å². The number of carbonyl (C=O) groups excluding carboxylic acids is 2. The van der Waals surface area contributed by atoms with E-state index < -0.39 is 12.3 Å². The molecule has 0 aromatic heterocycles. The first-order chi connectivity index (χ1) is 12.3. The highest BCUT2D eigenvalue weighted by Gasteiger charge is 2.47. The zero-order chi connectivity index (χ0) is 19.3. The summed E-state index contributed by atoms with van der Waals surface area (Å²) in [5, 5.41) is 0. The smallest absolute Gasteiger partial charge is 0.337 e. The molecule has 1 aliphatic carbocycles. The highest BCUT2D eigenvalue weighted by atomic mass is 16.7. The minimum absolute atomic E-state index is 0.174. The van der Waals surface area contributed by atoms with E-state index in [1.54, 1.807) is 0 Å². The largest absolute Gasteiger partial charge is 0.425 e. The van der Waals surface area contributed by atoms with Gasteiger partial charge >= 0.3 is 11.9 Å². The van der Waals surface area contributed by atoms with Crippen LogP contribution in [-0.2, 0) is 19.1 Å². The van der Waals surface area contributed by atoms with Gasteiger partial charge in [0.15, 0.2) is 0 Å². The van der Waals surface area contributed by atoms with Crippen LogP contribution in [0.5, 0.6) is 0 Å². The van der Waals surface area contributed by atoms with Crippen molar-refractivity contribution >= 4 is 11.9 Å². The Morgan fingerprint density at radius 2 is 2.08 bits per heavy atom. The van der Waals surface area contributed by atoms with Gasteiger partial charge < -0.3 is 9.47 Å². The molecule has 26 heavy (non-hydrogen) atoms. The van der Waals surface area contributed by atoms with Crippen molar-refractivity contribution in [2.24, 2.45) is 17.8 Å². The molecule has 0 spiro atoms. The number of esters is 2. The van der Waals surface area contributed by atoms with Crippen LogP contribution in [0.3, 0.4) is 0 Å². The van der Waals surface area contributed by atoms with Crippen LogP contribution < -0.4 is 0 Å². The predicted octanol–water partition coefficient (Wildman–Crippen LogP) is 5.10. The van der Waals surface area contributed by atoms with Gasteiger partial charge in [0.05, 0.1) is 5.92 Å². The van der Waals surface area contributed by atoms with Crippen molar-refractivity contribution in [3.63, 3.8) is 0 Å². The fraction of sp³-hybridized carbons (Fsp3) is 0.636. The fourth-order valence-corrected chi connectivity index (χ4v) is 3.99. The molecule has 1 saturated heterocycles. The van der Waals surface area contributed by atoms with Gasteiger partial charge in [0.25, 0.3) is 6.29 Å². The Kier molecular flexibility index (Phi) is 7.24. The first-order valence-corrected chi connectivity index (χ1v) is 9.66. The summed E-state index contributed by atoms with van der Waals surface area (Å²) in [5.74, 6) is -0.279. The number of rotatable bonds is 5. The van der Waals surface area contributed by atoms with E-state index in [1.165, 1.54) is 18.1 Å². The van der Waals surface area contributed by atoms with Gasteiger partial charge in [-0.15, -0.1) is 0 Å². The third-order valence-electron chi connectivity index (χ3n) is 5.44. The number of ether oxygens (including phenoxy) is 2. The van der Waals surface area contributed by atoms with Crippen LogP contribution >= 0.6 is 0 Å². The van der Waals surface area contributed by atoms with Crippen molar-refractivity contribution in [1.82, 2.24) is 0 Å². The molecule has 0 amide bonds. The summed E-state index contributed by atoms with van der Waals surface area (Å²) in [6.45, 7) is 9.97. The molecule has 0 unspecified atom stereocenters. The summed E-state index contributed by atoms with van der Waals surface area (Å²) in [6.07, 6.45) is 10.3. The lowest BCUT2D eigenvalue weighted by molar-refractivity contribution is -0.182. The number of fused-ring (bicyclic) bond motifs is 1. The number of hydrogen-bond acceptors (Lipinski definition) is 4. The van der Waals surface area contributed by atoms with Crippen molar-refractivity contribution in [2.45, 2.75) is 73.0 Å². The number of cyclic esters (lactones) is 1. The Morgan fingerprint density at radius 1 is 1.35 bits per heavy atom. The first kappa shape index (κ1) is 20.5. The second kappa shape index (κ2) is 9.20. The molecule has 2 rings (SSSR count). The lowest BCUT2D eigenvalue weighted by Gasteiger charge is -2.31. The molecule has 144 valence electrons. The molecular formula is C22H32O4. The van der Waals surface area contributed by atoms with Crippen LogP contribution in [0.15, 0.2) is 34.9 Å². The summed E-state index contributed by atoms with van der Waals surface area (Å²) in [4.78, 5) is 23.9. The minimum Gasteiger partial charge on any atom is -0.425 e. The van der Waals surface area contributed by atoms with E-state index in [2.05, 4.69) is 39.8 Å². The van der Waals surface area contributed by atoms with Gasteiger partial charge in [0.2, 0.25) is 0 Å². The Hall–Kier alpha value is -1.84. The van der Waals surface area contributed by atoms with E-state index in [9.17, 15) is 9.59 Å². The molecule has 0 N–H and O–H groups in total. The average molecular weight is 360 g/mol. The number of allylic oxidation sites excluding steroid dienone is 5. The zero-order valence-electron chi connectivity index (χ0n) is 16.7. The van der Waals surface area contributed by atoms with Crippen molar-refractivity contribution < 1.29 is 19.1 Å². The lowest BCUT2D eigenvalue weighted by Crippen LogP contribution is -2.32. The standard InChI is InChI=1S/C22H32O4/c1-14(2)8-6-10-16(4)18-13-12-15(3)9-7-11-19-20(18)22(25-17(5)23)26-21(19)24/h8-9,11,16,18,20,22H,6-7,10,12-13H2,1-5H3/b15-9+,19-11+/t16-,18+,20+,22+/m1/s1.